The molecule has 3 rings (SSSR count). The smallest absolute Gasteiger partial charge is 0.244 e. The summed E-state index contributed by atoms with van der Waals surface area (Å²) in [4.78, 5) is 24.0. The van der Waals surface area contributed by atoms with Gasteiger partial charge in [0, 0.05) is 24.9 Å². The highest BCUT2D eigenvalue weighted by atomic mass is 16.5. The number of carbonyl (C=O) groups is 2. The van der Waals surface area contributed by atoms with Gasteiger partial charge in [-0.15, -0.1) is 0 Å². The van der Waals surface area contributed by atoms with Crippen LogP contribution in [0.5, 0.6) is 11.5 Å². The van der Waals surface area contributed by atoms with Gasteiger partial charge in [0.25, 0.3) is 0 Å². The lowest BCUT2D eigenvalue weighted by molar-refractivity contribution is -0.116. The molecule has 0 fully saturated rings. The number of benzene rings is 2. The maximum atomic E-state index is 12.3. The number of methoxy groups -OCH3 is 2. The Bertz CT molecular complexity index is 1160. The monoisotopic (exact) mass is 422 g/mol. The average molecular weight is 422 g/mol. The first kappa shape index (κ1) is 22.0. The molecule has 0 unspecified atom stereocenters. The van der Waals surface area contributed by atoms with Crippen molar-refractivity contribution in [1.82, 2.24) is 5.32 Å². The number of allylic oxidation sites excluding steroid dienone is 1. The maximum absolute atomic E-state index is 12.3. The van der Waals surface area contributed by atoms with E-state index in [9.17, 15) is 9.59 Å². The molecule has 1 heterocycles. The van der Waals surface area contributed by atoms with Crippen molar-refractivity contribution in [3.05, 3.63) is 59.4 Å². The first-order valence-electron chi connectivity index (χ1n) is 9.84. The molecule has 7 heteroatoms. The summed E-state index contributed by atoms with van der Waals surface area (Å²) in [6.45, 7) is 3.73. The van der Waals surface area contributed by atoms with Crippen molar-refractivity contribution >= 4 is 33.9 Å². The molecule has 0 bridgehead atoms. The Balaban J connectivity index is 1.66. The Kier molecular flexibility index (Phi) is 6.65. The number of ketones is 1. The van der Waals surface area contributed by atoms with E-state index in [2.05, 4.69) is 5.32 Å². The summed E-state index contributed by atoms with van der Waals surface area (Å²) >= 11 is 0. The third-order valence-corrected chi connectivity index (χ3v) is 5.01. The maximum Gasteiger partial charge on any atom is 0.244 e. The number of fused-ring (bicyclic) bond motifs is 1. The first-order chi connectivity index (χ1) is 14.8. The topological polar surface area (TPSA) is 104 Å². The number of Topliss-reactive ketones (excluding diaryl/α,β-unsaturated/α-hetero) is 1. The van der Waals surface area contributed by atoms with Crippen LogP contribution in [0.1, 0.15) is 35.5 Å². The summed E-state index contributed by atoms with van der Waals surface area (Å²) < 4.78 is 16.0. The molecule has 0 aliphatic rings. The van der Waals surface area contributed by atoms with Gasteiger partial charge in [0.1, 0.15) is 5.58 Å². The lowest BCUT2D eigenvalue weighted by Gasteiger charge is -2.10. The van der Waals surface area contributed by atoms with Crippen molar-refractivity contribution in [2.75, 3.05) is 26.5 Å². The zero-order valence-electron chi connectivity index (χ0n) is 18.1. The first-order valence-corrected chi connectivity index (χ1v) is 9.84. The lowest BCUT2D eigenvalue weighted by Crippen LogP contribution is -2.23. The molecule has 7 nitrogen and oxygen atoms in total. The van der Waals surface area contributed by atoms with Gasteiger partial charge in [-0.3, -0.25) is 9.59 Å². The van der Waals surface area contributed by atoms with Crippen molar-refractivity contribution in [1.29, 1.82) is 0 Å². The number of furan rings is 1. The van der Waals surface area contributed by atoms with Gasteiger partial charge in [-0.25, -0.2) is 0 Å². The quantitative estimate of drug-likeness (QED) is 0.420. The van der Waals surface area contributed by atoms with E-state index in [0.29, 0.717) is 41.1 Å². The molecular weight excluding hydrogens is 396 g/mol. The minimum atomic E-state index is -0.226. The van der Waals surface area contributed by atoms with Gasteiger partial charge in [0.15, 0.2) is 23.0 Å². The highest BCUT2D eigenvalue weighted by Gasteiger charge is 2.15. The number of nitrogens with two attached hydrogens (primary N) is 1. The van der Waals surface area contributed by atoms with Crippen LogP contribution in [0.2, 0.25) is 0 Å². The number of hydrogen-bond acceptors (Lipinski definition) is 6. The van der Waals surface area contributed by atoms with Crippen LogP contribution in [-0.2, 0) is 11.2 Å². The van der Waals surface area contributed by atoms with Crippen LogP contribution in [0.25, 0.3) is 16.5 Å². The fourth-order valence-electron chi connectivity index (χ4n) is 3.32. The van der Waals surface area contributed by atoms with E-state index in [0.717, 1.165) is 16.7 Å². The van der Waals surface area contributed by atoms with Crippen LogP contribution in [0.4, 0.5) is 5.69 Å². The molecule has 0 spiro atoms. The molecule has 1 aromatic heterocycles. The van der Waals surface area contributed by atoms with Gasteiger partial charge in [0.05, 0.1) is 19.9 Å². The summed E-state index contributed by atoms with van der Waals surface area (Å²) in [6.07, 6.45) is 2.20. The molecular formula is C24H26N2O5. The molecule has 0 aliphatic carbocycles. The van der Waals surface area contributed by atoms with E-state index in [4.69, 9.17) is 19.6 Å². The highest BCUT2D eigenvalue weighted by Crippen LogP contribution is 2.31. The van der Waals surface area contributed by atoms with Crippen molar-refractivity contribution in [2.24, 2.45) is 0 Å². The number of amides is 1. The number of ether oxygens (including phenoxy) is 2. The van der Waals surface area contributed by atoms with Crippen LogP contribution < -0.4 is 20.5 Å². The van der Waals surface area contributed by atoms with Crippen LogP contribution in [0, 0.1) is 0 Å². The molecule has 0 saturated carbocycles. The van der Waals surface area contributed by atoms with Gasteiger partial charge in [0.2, 0.25) is 5.91 Å². The van der Waals surface area contributed by atoms with E-state index < -0.39 is 0 Å². The predicted molar refractivity (Wildman–Crippen MR) is 121 cm³/mol. The van der Waals surface area contributed by atoms with E-state index in [-0.39, 0.29) is 17.5 Å². The van der Waals surface area contributed by atoms with Gasteiger partial charge in [-0.2, -0.15) is 0 Å². The minimum absolute atomic E-state index is 0.154. The standard InChI is InChI=1S/C24H26N2O5/c1-14(17-6-8-19-18(13-17)23(25)24(31-19)15(2)27)11-22(28)26-10-9-16-5-7-20(29-3)21(12-16)30-4/h5-8,11-13H,9-10,25H2,1-4H3,(H,26,28)/b14-11+. The number of anilines is 1. The van der Waals surface area contributed by atoms with E-state index >= 15 is 0 Å². The van der Waals surface area contributed by atoms with Gasteiger partial charge in [-0.1, -0.05) is 12.1 Å². The molecule has 3 N–H and O–H groups in total. The second kappa shape index (κ2) is 9.38. The zero-order valence-corrected chi connectivity index (χ0v) is 18.1. The number of nitrogen functional groups attached to an aromatic ring is 1. The van der Waals surface area contributed by atoms with Crippen LogP contribution >= 0.6 is 0 Å². The van der Waals surface area contributed by atoms with Crippen molar-refractivity contribution in [3.8, 4) is 11.5 Å². The largest absolute Gasteiger partial charge is 0.493 e. The Labute approximate surface area is 180 Å². The molecule has 1 amide bonds. The third kappa shape index (κ3) is 4.88. The second-order valence-corrected chi connectivity index (χ2v) is 7.17. The summed E-state index contributed by atoms with van der Waals surface area (Å²) in [7, 11) is 3.18. The number of rotatable bonds is 8. The summed E-state index contributed by atoms with van der Waals surface area (Å²) in [5.74, 6) is 1.06. The van der Waals surface area contributed by atoms with Crippen molar-refractivity contribution < 1.29 is 23.5 Å². The van der Waals surface area contributed by atoms with Crippen LogP contribution in [0.3, 0.4) is 0 Å². The summed E-state index contributed by atoms with van der Waals surface area (Å²) in [6, 6.07) is 11.1. The molecule has 0 radical (unpaired) electrons. The number of nitrogens with one attached hydrogen (secondary N) is 1. The normalized spacial score (nSPS) is 11.4. The van der Waals surface area contributed by atoms with Gasteiger partial charge < -0.3 is 24.9 Å². The highest BCUT2D eigenvalue weighted by molar-refractivity contribution is 6.06. The zero-order chi connectivity index (χ0) is 22.5. The minimum Gasteiger partial charge on any atom is -0.493 e. The molecule has 0 atom stereocenters. The van der Waals surface area contributed by atoms with Crippen molar-refractivity contribution in [3.63, 3.8) is 0 Å². The average Bonchev–Trinajstić information content (AvgIpc) is 3.09. The summed E-state index contributed by atoms with van der Waals surface area (Å²) in [5.41, 5.74) is 9.52. The molecule has 31 heavy (non-hydrogen) atoms. The number of hydrogen-bond donors (Lipinski definition) is 2. The Morgan fingerprint density at radius 3 is 2.48 bits per heavy atom. The van der Waals surface area contributed by atoms with E-state index in [1.54, 1.807) is 20.3 Å². The van der Waals surface area contributed by atoms with E-state index in [1.807, 2.05) is 37.3 Å². The number of carbonyl (C=O) groups excluding carboxylic acids is 2. The van der Waals surface area contributed by atoms with Gasteiger partial charge in [-0.05, 0) is 54.3 Å². The second-order valence-electron chi connectivity index (χ2n) is 7.17. The Hall–Kier alpha value is -3.74. The Morgan fingerprint density at radius 2 is 1.81 bits per heavy atom. The molecule has 0 saturated heterocycles. The molecule has 162 valence electrons. The van der Waals surface area contributed by atoms with Crippen LogP contribution in [0.15, 0.2) is 46.9 Å². The Morgan fingerprint density at radius 1 is 1.06 bits per heavy atom. The lowest BCUT2D eigenvalue weighted by atomic mass is 10.0. The van der Waals surface area contributed by atoms with E-state index in [1.165, 1.54) is 13.0 Å². The molecule has 0 aliphatic heterocycles. The van der Waals surface area contributed by atoms with Gasteiger partial charge >= 0.3 is 0 Å². The van der Waals surface area contributed by atoms with Crippen LogP contribution in [-0.4, -0.2) is 32.5 Å². The summed E-state index contributed by atoms with van der Waals surface area (Å²) in [5, 5.41) is 3.55. The fraction of sp³-hybridized carbons (Fsp3) is 0.250. The SMILES string of the molecule is COc1ccc(CCNC(=O)/C=C(\C)c2ccc3oc(C(C)=O)c(N)c3c2)cc1OC. The third-order valence-electron chi connectivity index (χ3n) is 5.01. The predicted octanol–water partition coefficient (Wildman–Crippen LogP) is 4.00. The molecule has 3 aromatic rings. The fourth-order valence-corrected chi connectivity index (χ4v) is 3.32. The molecule has 2 aromatic carbocycles. The van der Waals surface area contributed by atoms with Crippen molar-refractivity contribution in [2.45, 2.75) is 20.3 Å².